The molecule has 3 aromatic rings. The number of H-pyrrole nitrogens is 1. The van der Waals surface area contributed by atoms with Crippen molar-refractivity contribution in [3.8, 4) is 11.5 Å². The molecule has 1 heterocycles. The number of carbonyl (C=O) groups excluding carboxylic acids is 1. The lowest BCUT2D eigenvalue weighted by atomic mass is 10.1. The maximum atomic E-state index is 12.4. The molecule has 0 spiro atoms. The van der Waals surface area contributed by atoms with Crippen LogP contribution in [0.1, 0.15) is 29.3 Å². The van der Waals surface area contributed by atoms with Crippen LogP contribution in [0, 0.1) is 0 Å². The fourth-order valence-corrected chi connectivity index (χ4v) is 3.40. The van der Waals surface area contributed by atoms with E-state index in [2.05, 4.69) is 11.9 Å². The molecule has 6 heteroatoms. The van der Waals surface area contributed by atoms with Gasteiger partial charge >= 0.3 is 0 Å². The van der Waals surface area contributed by atoms with Crippen molar-refractivity contribution in [3.63, 3.8) is 0 Å². The highest BCUT2D eigenvalue weighted by molar-refractivity contribution is 7.07. The van der Waals surface area contributed by atoms with Crippen molar-refractivity contribution in [2.24, 2.45) is 0 Å². The second kappa shape index (κ2) is 9.19. The van der Waals surface area contributed by atoms with Gasteiger partial charge in [-0.3, -0.25) is 9.59 Å². The number of aromatic nitrogens is 1. The summed E-state index contributed by atoms with van der Waals surface area (Å²) in [6.07, 6.45) is 4.18. The Hall–Kier alpha value is -3.12. The lowest BCUT2D eigenvalue weighted by Gasteiger charge is -2.03. The molecule has 0 saturated carbocycles. The Bertz CT molecular complexity index is 1110. The van der Waals surface area contributed by atoms with E-state index in [0.29, 0.717) is 27.1 Å². The number of thiazole rings is 1. The minimum atomic E-state index is -0.218. The Labute approximate surface area is 166 Å². The van der Waals surface area contributed by atoms with Crippen molar-refractivity contribution < 1.29 is 14.3 Å². The molecular formula is C22H21NO4S. The molecule has 3 rings (SSSR count). The van der Waals surface area contributed by atoms with Gasteiger partial charge in [0.25, 0.3) is 5.56 Å². The van der Waals surface area contributed by atoms with Crippen LogP contribution in [0.2, 0.25) is 0 Å². The molecule has 0 bridgehead atoms. The molecule has 144 valence electrons. The van der Waals surface area contributed by atoms with Gasteiger partial charge in [0.2, 0.25) is 0 Å². The van der Waals surface area contributed by atoms with E-state index in [0.717, 1.165) is 17.7 Å². The number of hydrogen-bond donors (Lipinski definition) is 1. The number of aromatic amines is 1. The minimum absolute atomic E-state index is 0.177. The molecule has 0 radical (unpaired) electrons. The van der Waals surface area contributed by atoms with Crippen LogP contribution >= 0.6 is 11.3 Å². The SMILES string of the molecule is CCCOc1ccc(/C=c2\s/c(=C\C(=O)c3ccc(OC)cc3)[nH]c2=O)cc1. The average molecular weight is 395 g/mol. The first-order valence-corrected chi connectivity index (χ1v) is 9.74. The lowest BCUT2D eigenvalue weighted by molar-refractivity contribution is 0.106. The van der Waals surface area contributed by atoms with Gasteiger partial charge in [-0.25, -0.2) is 0 Å². The maximum absolute atomic E-state index is 12.4. The number of carbonyl (C=O) groups is 1. The average Bonchev–Trinajstić information content (AvgIpc) is 3.06. The van der Waals surface area contributed by atoms with Crippen LogP contribution in [-0.2, 0) is 0 Å². The van der Waals surface area contributed by atoms with E-state index < -0.39 is 0 Å². The van der Waals surface area contributed by atoms with Gasteiger partial charge in [0.15, 0.2) is 5.78 Å². The molecule has 28 heavy (non-hydrogen) atoms. The standard InChI is InChI=1S/C22H21NO4S/c1-3-12-27-18-8-4-15(5-9-18)13-20-22(25)23-21(28-20)14-19(24)16-6-10-17(26-2)11-7-16/h4-11,13-14H,3,12H2,1-2H3,(H,23,25)/b20-13-,21-14-. The first kappa shape index (κ1) is 19.6. The predicted molar refractivity (Wildman–Crippen MR) is 112 cm³/mol. The maximum Gasteiger partial charge on any atom is 0.266 e. The molecule has 5 nitrogen and oxygen atoms in total. The third-order valence-corrected chi connectivity index (χ3v) is 4.93. The van der Waals surface area contributed by atoms with Crippen molar-refractivity contribution in [3.05, 3.63) is 79.2 Å². The second-order valence-electron chi connectivity index (χ2n) is 6.08. The Kier molecular flexibility index (Phi) is 6.45. The van der Waals surface area contributed by atoms with Gasteiger partial charge in [-0.05, 0) is 54.5 Å². The van der Waals surface area contributed by atoms with Gasteiger partial charge in [0.05, 0.1) is 22.9 Å². The zero-order chi connectivity index (χ0) is 19.9. The Balaban J connectivity index is 1.83. The zero-order valence-electron chi connectivity index (χ0n) is 15.7. The predicted octanol–water partition coefficient (Wildman–Crippen LogP) is 2.73. The third-order valence-electron chi connectivity index (χ3n) is 3.97. The molecule has 0 fully saturated rings. The number of ketones is 1. The molecule has 0 amide bonds. The van der Waals surface area contributed by atoms with Gasteiger partial charge in [-0.15, -0.1) is 11.3 Å². The van der Waals surface area contributed by atoms with E-state index in [4.69, 9.17) is 9.47 Å². The number of rotatable bonds is 7. The first-order valence-electron chi connectivity index (χ1n) is 8.93. The topological polar surface area (TPSA) is 68.4 Å². The van der Waals surface area contributed by atoms with E-state index in [9.17, 15) is 9.59 Å². The highest BCUT2D eigenvalue weighted by Gasteiger charge is 2.04. The van der Waals surface area contributed by atoms with Gasteiger partial charge < -0.3 is 14.5 Å². The normalized spacial score (nSPS) is 12.2. The monoisotopic (exact) mass is 395 g/mol. The summed E-state index contributed by atoms with van der Waals surface area (Å²) >= 11 is 1.25. The fraction of sp³-hybridized carbons (Fsp3) is 0.182. The Morgan fingerprint density at radius 2 is 1.75 bits per heavy atom. The van der Waals surface area contributed by atoms with Crippen molar-refractivity contribution in [2.75, 3.05) is 13.7 Å². The smallest absolute Gasteiger partial charge is 0.266 e. The van der Waals surface area contributed by atoms with E-state index >= 15 is 0 Å². The molecular weight excluding hydrogens is 374 g/mol. The Morgan fingerprint density at radius 3 is 2.39 bits per heavy atom. The van der Waals surface area contributed by atoms with Crippen LogP contribution in [-0.4, -0.2) is 24.5 Å². The molecule has 0 atom stereocenters. The minimum Gasteiger partial charge on any atom is -0.497 e. The van der Waals surface area contributed by atoms with E-state index in [1.165, 1.54) is 17.4 Å². The molecule has 0 aliphatic heterocycles. The molecule has 0 unspecified atom stereocenters. The summed E-state index contributed by atoms with van der Waals surface area (Å²) in [6, 6.07) is 14.4. The van der Waals surface area contributed by atoms with Gasteiger partial charge in [-0.1, -0.05) is 19.1 Å². The number of Topliss-reactive ketones (excluding diaryl/α,β-unsaturated/α-hetero) is 1. The largest absolute Gasteiger partial charge is 0.497 e. The molecule has 0 aliphatic carbocycles. The highest BCUT2D eigenvalue weighted by Crippen LogP contribution is 2.13. The summed E-state index contributed by atoms with van der Waals surface area (Å²) < 4.78 is 11.7. The van der Waals surface area contributed by atoms with E-state index in [-0.39, 0.29) is 11.3 Å². The summed E-state index contributed by atoms with van der Waals surface area (Å²) in [5.74, 6) is 1.31. The summed E-state index contributed by atoms with van der Waals surface area (Å²) in [7, 11) is 1.57. The highest BCUT2D eigenvalue weighted by atomic mass is 32.1. The van der Waals surface area contributed by atoms with Crippen LogP contribution in [0.5, 0.6) is 11.5 Å². The van der Waals surface area contributed by atoms with Crippen LogP contribution in [0.15, 0.2) is 53.3 Å². The second-order valence-corrected chi connectivity index (χ2v) is 7.17. The molecule has 1 N–H and O–H groups in total. The summed E-state index contributed by atoms with van der Waals surface area (Å²) in [4.78, 5) is 27.3. The van der Waals surface area contributed by atoms with E-state index in [1.807, 2.05) is 24.3 Å². The summed E-state index contributed by atoms with van der Waals surface area (Å²) in [5, 5.41) is 0. The molecule has 0 aliphatic rings. The van der Waals surface area contributed by atoms with Crippen LogP contribution in [0.4, 0.5) is 0 Å². The fourth-order valence-electron chi connectivity index (χ4n) is 2.51. The third kappa shape index (κ3) is 4.98. The van der Waals surface area contributed by atoms with Crippen LogP contribution < -0.4 is 24.2 Å². The number of benzene rings is 2. The quantitative estimate of drug-likeness (QED) is 0.625. The van der Waals surface area contributed by atoms with Crippen LogP contribution in [0.25, 0.3) is 12.2 Å². The lowest BCUT2D eigenvalue weighted by Crippen LogP contribution is -2.20. The van der Waals surface area contributed by atoms with Crippen molar-refractivity contribution in [1.29, 1.82) is 0 Å². The van der Waals surface area contributed by atoms with Crippen LogP contribution in [0.3, 0.4) is 0 Å². The van der Waals surface area contributed by atoms with Gasteiger partial charge in [0, 0.05) is 11.6 Å². The number of ether oxygens (including phenoxy) is 2. The summed E-state index contributed by atoms with van der Waals surface area (Å²) in [5.41, 5.74) is 1.21. The van der Waals surface area contributed by atoms with Gasteiger partial charge in [0.1, 0.15) is 11.5 Å². The molecule has 2 aromatic carbocycles. The van der Waals surface area contributed by atoms with E-state index in [1.54, 1.807) is 37.5 Å². The summed E-state index contributed by atoms with van der Waals surface area (Å²) in [6.45, 7) is 2.73. The number of methoxy groups -OCH3 is 1. The number of nitrogens with one attached hydrogen (secondary N) is 1. The molecule has 0 saturated heterocycles. The number of hydrogen-bond acceptors (Lipinski definition) is 5. The van der Waals surface area contributed by atoms with Crippen molar-refractivity contribution in [1.82, 2.24) is 4.98 Å². The first-order chi connectivity index (χ1) is 13.6. The zero-order valence-corrected chi connectivity index (χ0v) is 16.5. The Morgan fingerprint density at radius 1 is 1.07 bits per heavy atom. The van der Waals surface area contributed by atoms with Crippen molar-refractivity contribution >= 4 is 29.3 Å². The molecule has 1 aromatic heterocycles. The van der Waals surface area contributed by atoms with Gasteiger partial charge in [-0.2, -0.15) is 0 Å². The van der Waals surface area contributed by atoms with Crippen molar-refractivity contribution in [2.45, 2.75) is 13.3 Å².